The van der Waals surface area contributed by atoms with Crippen molar-refractivity contribution in [3.63, 3.8) is 0 Å². The van der Waals surface area contributed by atoms with Gasteiger partial charge in [0.05, 0.1) is 4.62 Å². The summed E-state index contributed by atoms with van der Waals surface area (Å²) in [6, 6.07) is 18.8. The Labute approximate surface area is 138 Å². The van der Waals surface area contributed by atoms with Crippen LogP contribution in [0, 0.1) is 3.95 Å². The predicted octanol–water partition coefficient (Wildman–Crippen LogP) is 3.57. The van der Waals surface area contributed by atoms with E-state index in [1.54, 1.807) is 11.3 Å². The highest BCUT2D eigenvalue weighted by Crippen LogP contribution is 2.44. The molecule has 0 aliphatic carbocycles. The molecule has 0 saturated heterocycles. The van der Waals surface area contributed by atoms with Gasteiger partial charge in [0, 0.05) is 19.3 Å². The molecule has 106 valence electrons. The van der Waals surface area contributed by atoms with Crippen LogP contribution in [0.1, 0.15) is 0 Å². The van der Waals surface area contributed by atoms with E-state index in [0.29, 0.717) is 0 Å². The van der Waals surface area contributed by atoms with E-state index < -0.39 is 6.04 Å². The van der Waals surface area contributed by atoms with Crippen molar-refractivity contribution in [2.24, 2.45) is 7.05 Å². The first kappa shape index (κ1) is 14.9. The number of hydrogen-bond donors (Lipinski definition) is 0. The molecule has 0 amide bonds. The molecule has 1 aromatic heterocycles. The summed E-state index contributed by atoms with van der Waals surface area (Å²) in [5.41, 5.74) is 0. The largest absolute Gasteiger partial charge is 0.332 e. The minimum Gasteiger partial charge on any atom is -0.332 e. The molecule has 0 spiro atoms. The summed E-state index contributed by atoms with van der Waals surface area (Å²) in [4.78, 5) is 0. The van der Waals surface area contributed by atoms with E-state index in [9.17, 15) is 0 Å². The molecule has 0 atom stereocenters. The van der Waals surface area contributed by atoms with Gasteiger partial charge in [0.1, 0.15) is 0 Å². The van der Waals surface area contributed by atoms with Gasteiger partial charge in [-0.3, -0.25) is 0 Å². The second-order valence-corrected chi connectivity index (χ2v) is 11.1. The van der Waals surface area contributed by atoms with Crippen molar-refractivity contribution in [2.75, 3.05) is 0 Å². The van der Waals surface area contributed by atoms with Crippen LogP contribution in [0.5, 0.6) is 0 Å². The Morgan fingerprint density at radius 2 is 1.38 bits per heavy atom. The van der Waals surface area contributed by atoms with Gasteiger partial charge in [-0.25, -0.2) is 0 Å². The molecule has 0 bridgehead atoms. The molecule has 21 heavy (non-hydrogen) atoms. The molecule has 2 aromatic carbocycles. The second kappa shape index (κ2) is 5.98. The molecule has 3 aromatic rings. The maximum atomic E-state index is 6.24. The third-order valence-corrected chi connectivity index (χ3v) is 10.7. The Hall–Kier alpha value is -1.06. The Balaban J connectivity index is 2.31. The lowest BCUT2D eigenvalue weighted by Gasteiger charge is -2.21. The van der Waals surface area contributed by atoms with Crippen LogP contribution in [0.4, 0.5) is 0 Å². The van der Waals surface area contributed by atoms with Crippen molar-refractivity contribution < 1.29 is 0 Å². The molecule has 5 heteroatoms. The van der Waals surface area contributed by atoms with Crippen molar-refractivity contribution in [1.82, 2.24) is 4.57 Å². The monoisotopic (exact) mass is 347 g/mol. The first-order valence-electron chi connectivity index (χ1n) is 6.50. The van der Waals surface area contributed by atoms with Crippen LogP contribution in [0.2, 0.25) is 0 Å². The SMILES string of the molecule is Cn1cc(P(=S)(c2ccccc2)c2ccccc2)sc1=S. The van der Waals surface area contributed by atoms with Crippen LogP contribution < -0.4 is 15.2 Å². The van der Waals surface area contributed by atoms with Crippen LogP contribution in [0.3, 0.4) is 0 Å². The van der Waals surface area contributed by atoms with E-state index in [0.717, 1.165) is 3.95 Å². The zero-order chi connectivity index (χ0) is 14.9. The molecule has 3 rings (SSSR count). The minimum atomic E-state index is -2.02. The lowest BCUT2D eigenvalue weighted by molar-refractivity contribution is 0.923. The Kier molecular flexibility index (Phi) is 4.23. The van der Waals surface area contributed by atoms with Gasteiger partial charge in [0.15, 0.2) is 3.95 Å². The van der Waals surface area contributed by atoms with Crippen LogP contribution in [0.15, 0.2) is 66.9 Å². The van der Waals surface area contributed by atoms with Gasteiger partial charge in [-0.15, -0.1) is 11.3 Å². The summed E-state index contributed by atoms with van der Waals surface area (Å²) in [6.07, 6.45) is 2.10. The van der Waals surface area contributed by atoms with Gasteiger partial charge in [0.2, 0.25) is 0 Å². The first-order valence-corrected chi connectivity index (χ1v) is 10.5. The zero-order valence-electron chi connectivity index (χ0n) is 11.5. The third-order valence-electron chi connectivity index (χ3n) is 3.33. The van der Waals surface area contributed by atoms with Crippen LogP contribution >= 0.6 is 29.6 Å². The number of aryl methyl sites for hydroxylation is 1. The zero-order valence-corrected chi connectivity index (χ0v) is 14.8. The summed E-state index contributed by atoms with van der Waals surface area (Å²) in [7, 11) is 1.98. The highest BCUT2D eigenvalue weighted by Gasteiger charge is 2.26. The average molecular weight is 347 g/mol. The molecule has 0 fully saturated rings. The Bertz CT molecular complexity index is 806. The second-order valence-electron chi connectivity index (χ2n) is 4.73. The molecule has 0 aliphatic rings. The first-order chi connectivity index (χ1) is 10.1. The van der Waals surface area contributed by atoms with Gasteiger partial charge in [-0.1, -0.05) is 72.5 Å². The lowest BCUT2D eigenvalue weighted by Crippen LogP contribution is -2.23. The third kappa shape index (κ3) is 2.69. The summed E-state index contributed by atoms with van der Waals surface area (Å²) >= 11 is 13.3. The predicted molar refractivity (Wildman–Crippen MR) is 100 cm³/mol. The van der Waals surface area contributed by atoms with E-state index in [1.807, 2.05) is 23.7 Å². The van der Waals surface area contributed by atoms with E-state index >= 15 is 0 Å². The Morgan fingerprint density at radius 3 is 1.76 bits per heavy atom. The van der Waals surface area contributed by atoms with E-state index in [1.165, 1.54) is 15.2 Å². The summed E-state index contributed by atoms with van der Waals surface area (Å²) in [5, 5.41) is 2.42. The summed E-state index contributed by atoms with van der Waals surface area (Å²) < 4.78 is 4.05. The highest BCUT2D eigenvalue weighted by molar-refractivity contribution is 8.26. The van der Waals surface area contributed by atoms with Crippen LogP contribution in [-0.4, -0.2) is 4.57 Å². The average Bonchev–Trinajstić information content (AvgIpc) is 2.88. The standard InChI is InChI=1S/C16H14NPS3/c1-17-12-15(21-16(17)19)18(20,13-8-4-2-5-9-13)14-10-6-3-7-11-14/h2-12H,1H3. The number of rotatable bonds is 3. The summed E-state index contributed by atoms with van der Waals surface area (Å²) in [6.45, 7) is 0. The molecule has 0 saturated carbocycles. The molecule has 0 N–H and O–H groups in total. The fourth-order valence-corrected chi connectivity index (χ4v) is 8.27. The van der Waals surface area contributed by atoms with Gasteiger partial charge < -0.3 is 4.57 Å². The molecular weight excluding hydrogens is 333 g/mol. The number of aromatic nitrogens is 1. The van der Waals surface area contributed by atoms with Crippen molar-refractivity contribution in [2.45, 2.75) is 0 Å². The topological polar surface area (TPSA) is 4.93 Å². The molecule has 0 unspecified atom stereocenters. The minimum absolute atomic E-state index is 0.867. The number of nitrogens with zero attached hydrogens (tertiary/aromatic N) is 1. The summed E-state index contributed by atoms with van der Waals surface area (Å²) in [5.74, 6) is 0. The van der Waals surface area contributed by atoms with Crippen molar-refractivity contribution in [3.8, 4) is 0 Å². The van der Waals surface area contributed by atoms with Gasteiger partial charge in [0.25, 0.3) is 0 Å². The van der Waals surface area contributed by atoms with Crippen molar-refractivity contribution >= 4 is 56.6 Å². The molecule has 0 radical (unpaired) electrons. The maximum absolute atomic E-state index is 6.24. The van der Waals surface area contributed by atoms with Gasteiger partial charge >= 0.3 is 0 Å². The quantitative estimate of drug-likeness (QED) is 0.527. The van der Waals surface area contributed by atoms with Gasteiger partial charge in [-0.05, 0) is 22.8 Å². The molecule has 1 heterocycles. The number of hydrogen-bond acceptors (Lipinski definition) is 3. The number of benzene rings is 2. The van der Waals surface area contributed by atoms with E-state index in [4.69, 9.17) is 24.0 Å². The molecule has 0 aliphatic heterocycles. The molecular formula is C16H14NPS3. The smallest absolute Gasteiger partial charge is 0.161 e. The lowest BCUT2D eigenvalue weighted by atomic mass is 10.4. The fraction of sp³-hybridized carbons (Fsp3) is 0.0625. The van der Waals surface area contributed by atoms with Crippen molar-refractivity contribution in [3.05, 3.63) is 70.8 Å². The van der Waals surface area contributed by atoms with E-state index in [2.05, 4.69) is 54.7 Å². The van der Waals surface area contributed by atoms with Crippen LogP contribution in [0.25, 0.3) is 0 Å². The van der Waals surface area contributed by atoms with Crippen molar-refractivity contribution in [1.29, 1.82) is 0 Å². The fourth-order valence-electron chi connectivity index (χ4n) is 2.23. The van der Waals surface area contributed by atoms with Crippen LogP contribution in [-0.2, 0) is 18.9 Å². The maximum Gasteiger partial charge on any atom is 0.161 e. The van der Waals surface area contributed by atoms with Gasteiger partial charge in [-0.2, -0.15) is 0 Å². The van der Waals surface area contributed by atoms with E-state index in [-0.39, 0.29) is 0 Å². The normalized spacial score (nSPS) is 11.5. The Morgan fingerprint density at radius 1 is 0.905 bits per heavy atom. The molecule has 1 nitrogen and oxygen atoms in total. The number of thiazole rings is 1. The highest BCUT2D eigenvalue weighted by atomic mass is 32.4.